The molecule has 2 heterocycles. The van der Waals surface area contributed by atoms with Gasteiger partial charge in [-0.2, -0.15) is 0 Å². The average molecular weight is 294 g/mol. The Labute approximate surface area is 124 Å². The van der Waals surface area contributed by atoms with Crippen LogP contribution < -0.4 is 15.5 Å². The van der Waals surface area contributed by atoms with E-state index in [-0.39, 0.29) is 17.9 Å². The minimum atomic E-state index is 0.138. The van der Waals surface area contributed by atoms with Crippen LogP contribution in [0.3, 0.4) is 0 Å². The lowest BCUT2D eigenvalue weighted by molar-refractivity contribution is -0.122. The zero-order chi connectivity index (χ0) is 14.1. The van der Waals surface area contributed by atoms with Crippen molar-refractivity contribution in [1.82, 2.24) is 10.6 Å². The number of amides is 1. The number of anilines is 1. The summed E-state index contributed by atoms with van der Waals surface area (Å²) < 4.78 is 0. The largest absolute Gasteiger partial charge is 0.366 e. The summed E-state index contributed by atoms with van der Waals surface area (Å²) in [5.74, 6) is 0.345. The van der Waals surface area contributed by atoms with Gasteiger partial charge in [0.05, 0.1) is 12.0 Å². The van der Waals surface area contributed by atoms with Gasteiger partial charge in [-0.25, -0.2) is 0 Å². The summed E-state index contributed by atoms with van der Waals surface area (Å²) in [7, 11) is 1.91. The first-order valence-electron chi connectivity index (χ1n) is 7.18. The Morgan fingerprint density at radius 3 is 3.10 bits per heavy atom. The Bertz CT molecular complexity index is 520. The van der Waals surface area contributed by atoms with Crippen LogP contribution in [0.2, 0.25) is 5.02 Å². The summed E-state index contributed by atoms with van der Waals surface area (Å²) in [6.07, 6.45) is 2.06. The standard InChI is InChI=1S/C15H20ClN3O/c1-17-8-10-4-5-11(7-13(10)16)19-6-2-3-12-14(19)9-18-15(12)20/h4-5,7,12,14,17H,2-3,6,8-9H2,1H3,(H,18,20). The lowest BCUT2D eigenvalue weighted by atomic mass is 9.91. The fourth-order valence-electron chi connectivity index (χ4n) is 3.32. The van der Waals surface area contributed by atoms with Crippen molar-refractivity contribution >= 4 is 23.2 Å². The molecule has 0 spiro atoms. The summed E-state index contributed by atoms with van der Waals surface area (Å²) in [6, 6.07) is 6.49. The molecule has 2 unspecified atom stereocenters. The zero-order valence-corrected chi connectivity index (χ0v) is 12.4. The Balaban J connectivity index is 1.85. The highest BCUT2D eigenvalue weighted by Gasteiger charge is 2.40. The molecule has 2 fully saturated rings. The second-order valence-corrected chi connectivity index (χ2v) is 5.97. The molecule has 1 aromatic carbocycles. The summed E-state index contributed by atoms with van der Waals surface area (Å²) in [4.78, 5) is 14.2. The van der Waals surface area contributed by atoms with E-state index in [9.17, 15) is 4.79 Å². The fraction of sp³-hybridized carbons (Fsp3) is 0.533. The van der Waals surface area contributed by atoms with Gasteiger partial charge in [-0.15, -0.1) is 0 Å². The van der Waals surface area contributed by atoms with Gasteiger partial charge < -0.3 is 15.5 Å². The number of carbonyl (C=O) groups excluding carboxylic acids is 1. The molecule has 0 aromatic heterocycles. The van der Waals surface area contributed by atoms with Gasteiger partial charge in [0.25, 0.3) is 0 Å². The minimum absolute atomic E-state index is 0.138. The number of hydrogen-bond donors (Lipinski definition) is 2. The van der Waals surface area contributed by atoms with E-state index in [1.54, 1.807) is 0 Å². The molecule has 3 rings (SSSR count). The molecule has 0 saturated carbocycles. The van der Waals surface area contributed by atoms with Crippen LogP contribution in [0.5, 0.6) is 0 Å². The smallest absolute Gasteiger partial charge is 0.225 e. The number of hydrogen-bond acceptors (Lipinski definition) is 3. The van der Waals surface area contributed by atoms with Crippen LogP contribution in [0.1, 0.15) is 18.4 Å². The molecule has 2 atom stereocenters. The maximum Gasteiger partial charge on any atom is 0.225 e. The van der Waals surface area contributed by atoms with Crippen molar-refractivity contribution in [1.29, 1.82) is 0 Å². The SMILES string of the molecule is CNCc1ccc(N2CCCC3C(=O)NCC32)cc1Cl. The third-order valence-electron chi connectivity index (χ3n) is 4.34. The van der Waals surface area contributed by atoms with Gasteiger partial charge in [-0.3, -0.25) is 4.79 Å². The molecule has 2 aliphatic rings. The molecule has 5 heteroatoms. The number of halogens is 1. The van der Waals surface area contributed by atoms with Crippen LogP contribution in [0.15, 0.2) is 18.2 Å². The first-order valence-corrected chi connectivity index (χ1v) is 7.56. The molecule has 2 aliphatic heterocycles. The van der Waals surface area contributed by atoms with E-state index in [1.807, 2.05) is 13.1 Å². The summed E-state index contributed by atoms with van der Waals surface area (Å²) >= 11 is 6.35. The highest BCUT2D eigenvalue weighted by molar-refractivity contribution is 6.31. The Morgan fingerprint density at radius 2 is 2.35 bits per heavy atom. The van der Waals surface area contributed by atoms with Crippen LogP contribution in [-0.4, -0.2) is 32.1 Å². The Hall–Kier alpha value is -1.26. The lowest BCUT2D eigenvalue weighted by Crippen LogP contribution is -2.45. The first-order chi connectivity index (χ1) is 9.70. The summed E-state index contributed by atoms with van der Waals surface area (Å²) in [6.45, 7) is 2.52. The number of benzene rings is 1. The van der Waals surface area contributed by atoms with Gasteiger partial charge >= 0.3 is 0 Å². The minimum Gasteiger partial charge on any atom is -0.366 e. The molecule has 0 bridgehead atoms. The van der Waals surface area contributed by atoms with Crippen molar-refractivity contribution in [3.63, 3.8) is 0 Å². The van der Waals surface area contributed by atoms with Crippen LogP contribution in [0, 0.1) is 5.92 Å². The number of nitrogens with zero attached hydrogens (tertiary/aromatic N) is 1. The van der Waals surface area contributed by atoms with E-state index in [0.717, 1.165) is 48.7 Å². The maximum absolute atomic E-state index is 11.8. The van der Waals surface area contributed by atoms with Gasteiger partial charge in [0.15, 0.2) is 0 Å². The number of nitrogens with one attached hydrogen (secondary N) is 2. The molecule has 0 radical (unpaired) electrons. The van der Waals surface area contributed by atoms with Crippen molar-refractivity contribution in [2.24, 2.45) is 5.92 Å². The third kappa shape index (κ3) is 2.38. The van der Waals surface area contributed by atoms with Crippen molar-refractivity contribution in [3.8, 4) is 0 Å². The van der Waals surface area contributed by atoms with Gasteiger partial charge in [-0.05, 0) is 37.6 Å². The molecule has 0 aliphatic carbocycles. The molecule has 20 heavy (non-hydrogen) atoms. The van der Waals surface area contributed by atoms with E-state index in [4.69, 9.17) is 11.6 Å². The number of carbonyl (C=O) groups is 1. The van der Waals surface area contributed by atoms with E-state index in [0.29, 0.717) is 0 Å². The molecular weight excluding hydrogens is 274 g/mol. The monoisotopic (exact) mass is 293 g/mol. The maximum atomic E-state index is 11.8. The number of piperidine rings is 1. The van der Waals surface area contributed by atoms with Gasteiger partial charge in [0.2, 0.25) is 5.91 Å². The third-order valence-corrected chi connectivity index (χ3v) is 4.69. The normalized spacial score (nSPS) is 25.5. The number of rotatable bonds is 3. The Kier molecular flexibility index (Phi) is 3.85. The van der Waals surface area contributed by atoms with Crippen LogP contribution in [0.25, 0.3) is 0 Å². The molecule has 1 amide bonds. The fourth-order valence-corrected chi connectivity index (χ4v) is 3.56. The average Bonchev–Trinajstić information content (AvgIpc) is 2.83. The van der Waals surface area contributed by atoms with Crippen LogP contribution >= 0.6 is 11.6 Å². The topological polar surface area (TPSA) is 44.4 Å². The summed E-state index contributed by atoms with van der Waals surface area (Å²) in [5, 5.41) is 6.89. The second-order valence-electron chi connectivity index (χ2n) is 5.56. The number of fused-ring (bicyclic) bond motifs is 1. The van der Waals surface area contributed by atoms with E-state index < -0.39 is 0 Å². The highest BCUT2D eigenvalue weighted by atomic mass is 35.5. The van der Waals surface area contributed by atoms with Crippen molar-refractivity contribution in [2.45, 2.75) is 25.4 Å². The predicted octanol–water partition coefficient (Wildman–Crippen LogP) is 1.77. The van der Waals surface area contributed by atoms with Crippen LogP contribution in [-0.2, 0) is 11.3 Å². The van der Waals surface area contributed by atoms with E-state index in [2.05, 4.69) is 27.7 Å². The van der Waals surface area contributed by atoms with Gasteiger partial charge in [0.1, 0.15) is 0 Å². The molecule has 2 N–H and O–H groups in total. The molecular formula is C15H20ClN3O. The molecule has 108 valence electrons. The molecule has 4 nitrogen and oxygen atoms in total. The van der Waals surface area contributed by atoms with Gasteiger partial charge in [-0.1, -0.05) is 17.7 Å². The van der Waals surface area contributed by atoms with E-state index >= 15 is 0 Å². The first kappa shape index (κ1) is 13.7. The van der Waals surface area contributed by atoms with Gasteiger partial charge in [0, 0.05) is 30.3 Å². The van der Waals surface area contributed by atoms with Crippen LogP contribution in [0.4, 0.5) is 5.69 Å². The quantitative estimate of drug-likeness (QED) is 0.893. The zero-order valence-electron chi connectivity index (χ0n) is 11.7. The Morgan fingerprint density at radius 1 is 1.50 bits per heavy atom. The molecule has 2 saturated heterocycles. The van der Waals surface area contributed by atoms with E-state index in [1.165, 1.54) is 0 Å². The second kappa shape index (κ2) is 5.62. The summed E-state index contributed by atoms with van der Waals surface area (Å²) in [5.41, 5.74) is 2.23. The predicted molar refractivity (Wildman–Crippen MR) is 81.1 cm³/mol. The van der Waals surface area contributed by atoms with Crippen molar-refractivity contribution in [2.75, 3.05) is 25.0 Å². The lowest BCUT2D eigenvalue weighted by Gasteiger charge is -2.38. The molecule has 1 aromatic rings. The van der Waals surface area contributed by atoms with Crippen molar-refractivity contribution < 1.29 is 4.79 Å². The highest BCUT2D eigenvalue weighted by Crippen LogP contribution is 2.33. The van der Waals surface area contributed by atoms with Crippen molar-refractivity contribution in [3.05, 3.63) is 28.8 Å².